The van der Waals surface area contributed by atoms with E-state index in [0.717, 1.165) is 12.5 Å². The third-order valence-electron chi connectivity index (χ3n) is 3.07. The van der Waals surface area contributed by atoms with Gasteiger partial charge in [-0.15, -0.1) is 0 Å². The number of aromatic carboxylic acids is 1. The first-order valence-corrected chi connectivity index (χ1v) is 4.96. The normalized spacial score (nSPS) is 17.9. The Balaban J connectivity index is 2.49. The summed E-state index contributed by atoms with van der Waals surface area (Å²) in [4.78, 5) is 10.6. The number of halogens is 2. The molecule has 1 aliphatic rings. The van der Waals surface area contributed by atoms with Crippen LogP contribution in [0.4, 0.5) is 8.78 Å². The molecule has 1 saturated carbocycles. The smallest absolute Gasteiger partial charge is 0.338 e. The van der Waals surface area contributed by atoms with Crippen LogP contribution in [-0.2, 0) is 5.54 Å². The minimum atomic E-state index is -1.48. The van der Waals surface area contributed by atoms with Crippen molar-refractivity contribution in [3.05, 3.63) is 34.9 Å². The summed E-state index contributed by atoms with van der Waals surface area (Å²) in [5.74, 6) is -3.18. The summed E-state index contributed by atoms with van der Waals surface area (Å²) >= 11 is 0. The van der Waals surface area contributed by atoms with Crippen molar-refractivity contribution >= 4 is 5.97 Å². The van der Waals surface area contributed by atoms with Crippen LogP contribution >= 0.6 is 0 Å². The second kappa shape index (κ2) is 3.52. The summed E-state index contributed by atoms with van der Waals surface area (Å²) in [5.41, 5.74) is 4.44. The molecule has 0 aliphatic heterocycles. The van der Waals surface area contributed by atoms with E-state index in [-0.39, 0.29) is 5.56 Å². The Labute approximate surface area is 90.9 Å². The number of carboxylic acid groups (broad SMARTS) is 1. The summed E-state index contributed by atoms with van der Waals surface area (Å²) in [6.45, 7) is 0. The van der Waals surface area contributed by atoms with E-state index in [1.165, 1.54) is 0 Å². The van der Waals surface area contributed by atoms with Gasteiger partial charge < -0.3 is 10.8 Å². The zero-order valence-electron chi connectivity index (χ0n) is 8.46. The lowest BCUT2D eigenvalue weighted by atomic mass is 9.72. The van der Waals surface area contributed by atoms with Crippen LogP contribution in [0, 0.1) is 11.6 Å². The summed E-state index contributed by atoms with van der Waals surface area (Å²) in [7, 11) is 0. The molecule has 2 rings (SSSR count). The summed E-state index contributed by atoms with van der Waals surface area (Å²) < 4.78 is 27.0. The van der Waals surface area contributed by atoms with E-state index in [1.54, 1.807) is 0 Å². The van der Waals surface area contributed by atoms with E-state index in [2.05, 4.69) is 0 Å². The lowest BCUT2D eigenvalue weighted by Crippen LogP contribution is -2.44. The van der Waals surface area contributed by atoms with E-state index in [9.17, 15) is 13.6 Å². The fourth-order valence-corrected chi connectivity index (χ4v) is 1.92. The van der Waals surface area contributed by atoms with E-state index in [0.29, 0.717) is 18.9 Å². The van der Waals surface area contributed by atoms with E-state index in [1.807, 2.05) is 0 Å². The molecule has 0 spiro atoms. The molecule has 0 aromatic heterocycles. The molecule has 1 fully saturated rings. The molecule has 86 valence electrons. The zero-order valence-corrected chi connectivity index (χ0v) is 8.46. The fraction of sp³-hybridized carbons (Fsp3) is 0.364. The van der Waals surface area contributed by atoms with E-state index in [4.69, 9.17) is 10.8 Å². The van der Waals surface area contributed by atoms with Gasteiger partial charge in [0.15, 0.2) is 0 Å². The minimum Gasteiger partial charge on any atom is -0.478 e. The maximum Gasteiger partial charge on any atom is 0.338 e. The van der Waals surface area contributed by atoms with Crippen LogP contribution in [0.15, 0.2) is 12.1 Å². The first kappa shape index (κ1) is 11.0. The maximum absolute atomic E-state index is 13.6. The second-order valence-corrected chi connectivity index (χ2v) is 4.13. The van der Waals surface area contributed by atoms with Gasteiger partial charge in [-0.25, -0.2) is 13.6 Å². The van der Waals surface area contributed by atoms with Crippen LogP contribution in [0.2, 0.25) is 0 Å². The second-order valence-electron chi connectivity index (χ2n) is 4.13. The number of hydrogen-bond acceptors (Lipinski definition) is 2. The van der Waals surface area contributed by atoms with Gasteiger partial charge in [0.1, 0.15) is 11.6 Å². The molecule has 0 radical (unpaired) electrons. The van der Waals surface area contributed by atoms with Gasteiger partial charge in [-0.2, -0.15) is 0 Å². The van der Waals surface area contributed by atoms with Crippen LogP contribution in [0.3, 0.4) is 0 Å². The molecule has 3 nitrogen and oxygen atoms in total. The average molecular weight is 227 g/mol. The van der Waals surface area contributed by atoms with Gasteiger partial charge in [-0.05, 0) is 31.4 Å². The molecule has 1 aliphatic carbocycles. The van der Waals surface area contributed by atoms with E-state index < -0.39 is 28.7 Å². The third kappa shape index (κ3) is 1.57. The number of carboxylic acids is 1. The molecule has 3 N–H and O–H groups in total. The Bertz CT molecular complexity index is 456. The predicted octanol–water partition coefficient (Wildman–Crippen LogP) is 2.00. The Morgan fingerprint density at radius 2 is 1.94 bits per heavy atom. The quantitative estimate of drug-likeness (QED) is 0.812. The van der Waals surface area contributed by atoms with Crippen molar-refractivity contribution in [3.8, 4) is 0 Å². The molecule has 0 heterocycles. The highest BCUT2D eigenvalue weighted by atomic mass is 19.1. The lowest BCUT2D eigenvalue weighted by molar-refractivity contribution is 0.0691. The van der Waals surface area contributed by atoms with Crippen molar-refractivity contribution in [2.45, 2.75) is 24.8 Å². The van der Waals surface area contributed by atoms with Gasteiger partial charge in [-0.3, -0.25) is 0 Å². The van der Waals surface area contributed by atoms with Crippen LogP contribution in [-0.4, -0.2) is 11.1 Å². The number of nitrogens with two attached hydrogens (primary N) is 1. The molecule has 16 heavy (non-hydrogen) atoms. The number of benzene rings is 1. The number of hydrogen-bond donors (Lipinski definition) is 2. The molecule has 0 bridgehead atoms. The first-order chi connectivity index (χ1) is 7.44. The Hall–Kier alpha value is -1.49. The Morgan fingerprint density at radius 3 is 2.38 bits per heavy atom. The maximum atomic E-state index is 13.6. The van der Waals surface area contributed by atoms with Gasteiger partial charge in [0, 0.05) is 11.1 Å². The van der Waals surface area contributed by atoms with Crippen molar-refractivity contribution in [2.24, 2.45) is 5.73 Å². The van der Waals surface area contributed by atoms with Crippen molar-refractivity contribution in [1.82, 2.24) is 0 Å². The van der Waals surface area contributed by atoms with Crippen LogP contribution < -0.4 is 5.73 Å². The molecular formula is C11H11F2NO2. The minimum absolute atomic E-state index is 0.0706. The van der Waals surface area contributed by atoms with Gasteiger partial charge >= 0.3 is 5.97 Å². The van der Waals surface area contributed by atoms with Crippen molar-refractivity contribution in [3.63, 3.8) is 0 Å². The van der Waals surface area contributed by atoms with E-state index >= 15 is 0 Å². The van der Waals surface area contributed by atoms with Crippen molar-refractivity contribution < 1.29 is 18.7 Å². The number of rotatable bonds is 2. The highest BCUT2D eigenvalue weighted by molar-refractivity contribution is 5.88. The fourth-order valence-electron chi connectivity index (χ4n) is 1.92. The van der Waals surface area contributed by atoms with Crippen molar-refractivity contribution in [2.75, 3.05) is 0 Å². The molecular weight excluding hydrogens is 216 g/mol. The van der Waals surface area contributed by atoms with Crippen molar-refractivity contribution in [1.29, 1.82) is 0 Å². The molecule has 0 atom stereocenters. The Morgan fingerprint density at radius 1 is 1.31 bits per heavy atom. The standard InChI is InChI=1S/C11H11F2NO2/c12-8-5-7(11(14)2-1-3-11)9(13)4-6(8)10(15)16/h4-5H,1-3,14H2,(H,15,16). The molecule has 0 amide bonds. The van der Waals surface area contributed by atoms with Crippen LogP contribution in [0.5, 0.6) is 0 Å². The van der Waals surface area contributed by atoms with Gasteiger partial charge in [0.05, 0.1) is 5.56 Å². The van der Waals surface area contributed by atoms with Gasteiger partial charge in [-0.1, -0.05) is 0 Å². The lowest BCUT2D eigenvalue weighted by Gasteiger charge is -2.38. The van der Waals surface area contributed by atoms with Gasteiger partial charge in [0.25, 0.3) is 0 Å². The molecule has 1 aromatic carbocycles. The monoisotopic (exact) mass is 227 g/mol. The average Bonchev–Trinajstić information content (AvgIpc) is 2.17. The predicted molar refractivity (Wildman–Crippen MR) is 53.0 cm³/mol. The largest absolute Gasteiger partial charge is 0.478 e. The highest BCUT2D eigenvalue weighted by Gasteiger charge is 2.37. The zero-order chi connectivity index (χ0) is 11.9. The van der Waals surface area contributed by atoms with Crippen LogP contribution in [0.25, 0.3) is 0 Å². The summed E-state index contributed by atoms with van der Waals surface area (Å²) in [6.07, 6.45) is 2.06. The number of carbonyl (C=O) groups is 1. The molecule has 5 heteroatoms. The van der Waals surface area contributed by atoms with Crippen LogP contribution in [0.1, 0.15) is 35.2 Å². The topological polar surface area (TPSA) is 63.3 Å². The molecule has 1 aromatic rings. The summed E-state index contributed by atoms with van der Waals surface area (Å²) in [5, 5.41) is 8.62. The summed E-state index contributed by atoms with van der Waals surface area (Å²) in [6, 6.07) is 1.60. The van der Waals surface area contributed by atoms with Gasteiger partial charge in [0.2, 0.25) is 0 Å². The first-order valence-electron chi connectivity index (χ1n) is 4.96. The third-order valence-corrected chi connectivity index (χ3v) is 3.07. The molecule has 0 unspecified atom stereocenters. The SMILES string of the molecule is NC1(c2cc(F)c(C(=O)O)cc2F)CCC1. The highest BCUT2D eigenvalue weighted by Crippen LogP contribution is 2.40. The molecule has 0 saturated heterocycles. The Kier molecular flexibility index (Phi) is 2.42.